The zero-order chi connectivity index (χ0) is 12.5. The molecule has 0 unspecified atom stereocenters. The topological polar surface area (TPSA) is 42.4 Å². The van der Waals surface area contributed by atoms with Gasteiger partial charge >= 0.3 is 0 Å². The highest BCUT2D eigenvalue weighted by atomic mass is 32.1. The molecule has 0 radical (unpaired) electrons. The molecule has 1 aliphatic rings. The molecule has 0 spiro atoms. The van der Waals surface area contributed by atoms with Crippen molar-refractivity contribution in [3.05, 3.63) is 10.6 Å². The Morgan fingerprint density at radius 1 is 1.35 bits per heavy atom. The number of hydrogen-bond acceptors (Lipinski definition) is 5. The van der Waals surface area contributed by atoms with Crippen LogP contribution in [0.25, 0.3) is 0 Å². The van der Waals surface area contributed by atoms with Crippen LogP contribution in [-0.4, -0.2) is 37.6 Å². The molecular formula is C12H18N2O2S. The molecule has 1 aliphatic heterocycles. The maximum Gasteiger partial charge on any atom is 0.186 e. The van der Waals surface area contributed by atoms with E-state index in [0.29, 0.717) is 0 Å². The minimum absolute atomic E-state index is 0.0860. The number of rotatable bonds is 2. The first-order valence-electron chi connectivity index (χ1n) is 5.81. The first-order valence-corrected chi connectivity index (χ1v) is 6.63. The summed E-state index contributed by atoms with van der Waals surface area (Å²) >= 11 is 1.48. The highest BCUT2D eigenvalue weighted by molar-refractivity contribution is 7.17. The fourth-order valence-corrected chi connectivity index (χ4v) is 2.97. The molecular weight excluding hydrogens is 236 g/mol. The highest BCUT2D eigenvalue weighted by Crippen LogP contribution is 2.32. The largest absolute Gasteiger partial charge is 0.378 e. The van der Waals surface area contributed by atoms with Crippen molar-refractivity contribution in [2.24, 2.45) is 0 Å². The average molecular weight is 254 g/mol. The van der Waals surface area contributed by atoms with Gasteiger partial charge in [0, 0.05) is 18.5 Å². The number of carbonyl (C=O) groups excluding carboxylic acids is 1. The standard InChI is InChI=1S/C12H18N2O2S/c1-12(2,3)10-9(8-15)17-11(13-10)14-4-6-16-7-5-14/h8H,4-7H2,1-3H3. The van der Waals surface area contributed by atoms with Crippen LogP contribution in [0.4, 0.5) is 5.13 Å². The molecule has 2 heterocycles. The predicted octanol–water partition coefficient (Wildman–Crippen LogP) is 2.09. The van der Waals surface area contributed by atoms with Gasteiger partial charge in [-0.3, -0.25) is 4.79 Å². The summed E-state index contributed by atoms with van der Waals surface area (Å²) in [5, 5.41) is 0.945. The summed E-state index contributed by atoms with van der Waals surface area (Å²) in [4.78, 5) is 18.7. The van der Waals surface area contributed by atoms with Crippen LogP contribution in [0.15, 0.2) is 0 Å². The minimum Gasteiger partial charge on any atom is -0.378 e. The summed E-state index contributed by atoms with van der Waals surface area (Å²) in [6.45, 7) is 9.43. The van der Waals surface area contributed by atoms with Crippen molar-refractivity contribution in [3.63, 3.8) is 0 Å². The maximum absolute atomic E-state index is 11.1. The van der Waals surface area contributed by atoms with Crippen LogP contribution < -0.4 is 4.90 Å². The molecule has 0 N–H and O–H groups in total. The van der Waals surface area contributed by atoms with E-state index in [1.165, 1.54) is 11.3 Å². The molecule has 0 aromatic carbocycles. The molecule has 2 rings (SSSR count). The van der Waals surface area contributed by atoms with Gasteiger partial charge in [-0.1, -0.05) is 32.1 Å². The van der Waals surface area contributed by atoms with Crippen molar-refractivity contribution >= 4 is 22.8 Å². The molecule has 1 saturated heterocycles. The zero-order valence-electron chi connectivity index (χ0n) is 10.5. The Kier molecular flexibility index (Phi) is 3.49. The van der Waals surface area contributed by atoms with E-state index in [-0.39, 0.29) is 5.41 Å². The zero-order valence-corrected chi connectivity index (χ0v) is 11.3. The van der Waals surface area contributed by atoms with Gasteiger partial charge in [0.1, 0.15) is 0 Å². The number of aromatic nitrogens is 1. The minimum atomic E-state index is -0.0860. The summed E-state index contributed by atoms with van der Waals surface area (Å²) in [5.41, 5.74) is 0.816. The fourth-order valence-electron chi connectivity index (χ4n) is 1.83. The average Bonchev–Trinajstić information content (AvgIpc) is 2.74. The molecule has 0 bridgehead atoms. The van der Waals surface area contributed by atoms with Crippen molar-refractivity contribution < 1.29 is 9.53 Å². The number of thiazole rings is 1. The Balaban J connectivity index is 2.30. The van der Waals surface area contributed by atoms with Gasteiger partial charge in [-0.15, -0.1) is 0 Å². The summed E-state index contributed by atoms with van der Waals surface area (Å²) < 4.78 is 5.32. The van der Waals surface area contributed by atoms with Gasteiger partial charge in [0.2, 0.25) is 0 Å². The molecule has 0 aliphatic carbocycles. The summed E-state index contributed by atoms with van der Waals surface area (Å²) in [5.74, 6) is 0. The third-order valence-electron chi connectivity index (χ3n) is 2.74. The molecule has 1 aromatic heterocycles. The Morgan fingerprint density at radius 2 is 2.00 bits per heavy atom. The Labute approximate surface area is 106 Å². The molecule has 1 fully saturated rings. The van der Waals surface area contributed by atoms with Crippen LogP contribution >= 0.6 is 11.3 Å². The number of anilines is 1. The van der Waals surface area contributed by atoms with Crippen LogP contribution in [0.2, 0.25) is 0 Å². The third kappa shape index (κ3) is 2.66. The number of hydrogen-bond donors (Lipinski definition) is 0. The lowest BCUT2D eigenvalue weighted by Crippen LogP contribution is -2.36. The smallest absolute Gasteiger partial charge is 0.186 e. The fraction of sp³-hybridized carbons (Fsp3) is 0.667. The highest BCUT2D eigenvalue weighted by Gasteiger charge is 2.25. The second-order valence-electron chi connectivity index (χ2n) is 5.18. The lowest BCUT2D eigenvalue weighted by atomic mass is 9.91. The number of carbonyl (C=O) groups is 1. The molecule has 0 atom stereocenters. The van der Waals surface area contributed by atoms with E-state index < -0.39 is 0 Å². The molecule has 4 nitrogen and oxygen atoms in total. The van der Waals surface area contributed by atoms with Crippen molar-refractivity contribution in [3.8, 4) is 0 Å². The Bertz CT molecular complexity index is 403. The van der Waals surface area contributed by atoms with Gasteiger partial charge in [0.25, 0.3) is 0 Å². The van der Waals surface area contributed by atoms with Gasteiger partial charge < -0.3 is 9.64 Å². The van der Waals surface area contributed by atoms with E-state index in [1.54, 1.807) is 0 Å². The summed E-state index contributed by atoms with van der Waals surface area (Å²) in [7, 11) is 0. The molecule has 94 valence electrons. The Morgan fingerprint density at radius 3 is 2.47 bits per heavy atom. The lowest BCUT2D eigenvalue weighted by Gasteiger charge is -2.26. The van der Waals surface area contributed by atoms with Crippen LogP contribution in [0, 0.1) is 0 Å². The third-order valence-corrected chi connectivity index (χ3v) is 3.78. The normalized spacial score (nSPS) is 17.2. The van der Waals surface area contributed by atoms with E-state index in [0.717, 1.165) is 48.3 Å². The van der Waals surface area contributed by atoms with Crippen molar-refractivity contribution in [2.75, 3.05) is 31.2 Å². The molecule has 0 saturated carbocycles. The van der Waals surface area contributed by atoms with Crippen LogP contribution in [0.1, 0.15) is 36.1 Å². The molecule has 0 amide bonds. The van der Waals surface area contributed by atoms with Gasteiger partial charge in [-0.05, 0) is 0 Å². The lowest BCUT2D eigenvalue weighted by molar-refractivity contribution is 0.112. The van der Waals surface area contributed by atoms with Gasteiger partial charge in [0.05, 0.1) is 23.8 Å². The second kappa shape index (κ2) is 4.74. The van der Waals surface area contributed by atoms with Gasteiger partial charge in [-0.2, -0.15) is 0 Å². The number of nitrogens with zero attached hydrogens (tertiary/aromatic N) is 2. The number of aldehydes is 1. The van der Waals surface area contributed by atoms with Crippen LogP contribution in [0.5, 0.6) is 0 Å². The SMILES string of the molecule is CC(C)(C)c1nc(N2CCOCC2)sc1C=O. The van der Waals surface area contributed by atoms with E-state index in [1.807, 2.05) is 0 Å². The monoisotopic (exact) mass is 254 g/mol. The summed E-state index contributed by atoms with van der Waals surface area (Å²) in [6, 6.07) is 0. The predicted molar refractivity (Wildman–Crippen MR) is 69.2 cm³/mol. The number of morpholine rings is 1. The van der Waals surface area contributed by atoms with Gasteiger partial charge in [0.15, 0.2) is 11.4 Å². The number of ether oxygens (including phenoxy) is 1. The molecule has 5 heteroatoms. The first kappa shape index (κ1) is 12.5. The Hall–Kier alpha value is -0.940. The molecule has 1 aromatic rings. The van der Waals surface area contributed by atoms with Crippen molar-refractivity contribution in [2.45, 2.75) is 26.2 Å². The maximum atomic E-state index is 11.1. The van der Waals surface area contributed by atoms with E-state index >= 15 is 0 Å². The second-order valence-corrected chi connectivity index (χ2v) is 6.19. The first-order chi connectivity index (χ1) is 8.02. The quantitative estimate of drug-likeness (QED) is 0.758. The van der Waals surface area contributed by atoms with Crippen LogP contribution in [-0.2, 0) is 10.2 Å². The van der Waals surface area contributed by atoms with Crippen molar-refractivity contribution in [1.82, 2.24) is 4.98 Å². The van der Waals surface area contributed by atoms with E-state index in [9.17, 15) is 4.79 Å². The van der Waals surface area contributed by atoms with E-state index in [2.05, 4.69) is 30.7 Å². The van der Waals surface area contributed by atoms with Crippen LogP contribution in [0.3, 0.4) is 0 Å². The van der Waals surface area contributed by atoms with Crippen molar-refractivity contribution in [1.29, 1.82) is 0 Å². The van der Waals surface area contributed by atoms with E-state index in [4.69, 9.17) is 4.74 Å². The van der Waals surface area contributed by atoms with Gasteiger partial charge in [-0.25, -0.2) is 4.98 Å². The summed E-state index contributed by atoms with van der Waals surface area (Å²) in [6.07, 6.45) is 0.919. The molecule has 17 heavy (non-hydrogen) atoms.